The highest BCUT2D eigenvalue weighted by Gasteiger charge is 2.38. The van der Waals surface area contributed by atoms with Gasteiger partial charge in [-0.3, -0.25) is 5.32 Å². The molecule has 57 heavy (non-hydrogen) atoms. The van der Waals surface area contributed by atoms with Crippen LogP contribution in [0.25, 0.3) is 66.4 Å². The molecule has 1 N–H and O–H groups in total. The Balaban J connectivity index is 1.20. The number of aromatic nitrogens is 1. The quantitative estimate of drug-likeness (QED) is 0.190. The van der Waals surface area contributed by atoms with Crippen LogP contribution in [0.4, 0.5) is 11.4 Å². The fourth-order valence-corrected chi connectivity index (χ4v) is 9.59. The molecule has 0 aliphatic carbocycles. The Hall–Kier alpha value is -6.94. The van der Waals surface area contributed by atoms with E-state index in [9.17, 15) is 0 Å². The highest BCUT2D eigenvalue weighted by Crippen LogP contribution is 2.54. The predicted molar refractivity (Wildman–Crippen MR) is 239 cm³/mol. The third-order valence-electron chi connectivity index (χ3n) is 12.1. The zero-order valence-electron chi connectivity index (χ0n) is 31.8. The van der Waals surface area contributed by atoms with E-state index < -0.39 is 0 Å². The van der Waals surface area contributed by atoms with Crippen LogP contribution in [0.15, 0.2) is 206 Å². The van der Waals surface area contributed by atoms with Gasteiger partial charge < -0.3 is 9.47 Å². The number of nitrogens with zero attached hydrogens (tertiary/aromatic N) is 2. The molecule has 0 saturated carbocycles. The molecule has 0 amide bonds. The molecule has 3 unspecified atom stereocenters. The van der Waals surface area contributed by atoms with Crippen LogP contribution in [0.5, 0.6) is 0 Å². The number of anilines is 2. The number of hydrogen-bond acceptors (Lipinski definition) is 2. The maximum absolute atomic E-state index is 4.19. The van der Waals surface area contributed by atoms with Crippen molar-refractivity contribution in [2.24, 2.45) is 5.92 Å². The Morgan fingerprint density at radius 1 is 0.491 bits per heavy atom. The number of rotatable bonds is 5. The Bertz CT molecular complexity index is 2960. The maximum Gasteiger partial charge on any atom is 0.105 e. The van der Waals surface area contributed by atoms with Crippen molar-refractivity contribution in [3.8, 4) is 39.2 Å². The van der Waals surface area contributed by atoms with E-state index in [4.69, 9.17) is 0 Å². The molecule has 3 atom stereocenters. The molecule has 3 nitrogen and oxygen atoms in total. The first-order valence-corrected chi connectivity index (χ1v) is 20.0. The molecular formula is C54H41N3. The molecule has 0 spiro atoms. The van der Waals surface area contributed by atoms with Crippen LogP contribution in [0.3, 0.4) is 0 Å². The number of para-hydroxylation sites is 3. The summed E-state index contributed by atoms with van der Waals surface area (Å²) in [5, 5.41) is 7.89. The van der Waals surface area contributed by atoms with Gasteiger partial charge in [-0.2, -0.15) is 0 Å². The lowest BCUT2D eigenvalue weighted by Crippen LogP contribution is -2.48. The number of nitrogens with one attached hydrogen (secondary N) is 1. The van der Waals surface area contributed by atoms with Gasteiger partial charge in [0, 0.05) is 39.7 Å². The van der Waals surface area contributed by atoms with Gasteiger partial charge in [-0.05, 0) is 75.0 Å². The average molecular weight is 732 g/mol. The van der Waals surface area contributed by atoms with Gasteiger partial charge in [-0.25, -0.2) is 0 Å². The molecule has 2 aliphatic heterocycles. The zero-order valence-corrected chi connectivity index (χ0v) is 31.8. The van der Waals surface area contributed by atoms with E-state index in [2.05, 4.69) is 228 Å². The molecule has 0 bridgehead atoms. The summed E-state index contributed by atoms with van der Waals surface area (Å²) in [6, 6.07) is 73.4. The van der Waals surface area contributed by atoms with E-state index in [1.165, 1.54) is 83.3 Å². The topological polar surface area (TPSA) is 20.2 Å². The van der Waals surface area contributed by atoms with Gasteiger partial charge in [-0.1, -0.05) is 177 Å². The van der Waals surface area contributed by atoms with Gasteiger partial charge in [-0.15, -0.1) is 0 Å². The van der Waals surface area contributed by atoms with E-state index >= 15 is 0 Å². The third-order valence-corrected chi connectivity index (χ3v) is 12.1. The van der Waals surface area contributed by atoms with Crippen LogP contribution >= 0.6 is 0 Å². The molecule has 3 heterocycles. The fraction of sp³-hybridized carbons (Fsp3) is 0.0741. The summed E-state index contributed by atoms with van der Waals surface area (Å²) in [5.74, 6) is 0.251. The van der Waals surface area contributed by atoms with Crippen molar-refractivity contribution in [1.29, 1.82) is 0 Å². The van der Waals surface area contributed by atoms with Crippen molar-refractivity contribution in [2.75, 3.05) is 4.90 Å². The number of hydrogen-bond donors (Lipinski definition) is 1. The fourth-order valence-electron chi connectivity index (χ4n) is 9.59. The lowest BCUT2D eigenvalue weighted by atomic mass is 9.81. The van der Waals surface area contributed by atoms with Gasteiger partial charge in [0.25, 0.3) is 0 Å². The summed E-state index contributed by atoms with van der Waals surface area (Å²) in [6.45, 7) is 2.36. The monoisotopic (exact) mass is 731 g/mol. The summed E-state index contributed by atoms with van der Waals surface area (Å²) in [4.78, 5) is 2.56. The van der Waals surface area contributed by atoms with Crippen LogP contribution in [0.2, 0.25) is 0 Å². The van der Waals surface area contributed by atoms with Crippen molar-refractivity contribution in [3.63, 3.8) is 0 Å². The lowest BCUT2D eigenvalue weighted by molar-refractivity contribution is 0.402. The van der Waals surface area contributed by atoms with Crippen LogP contribution in [0, 0.1) is 5.92 Å². The molecule has 3 heteroatoms. The third kappa shape index (κ3) is 5.46. The molecule has 11 rings (SSSR count). The Kier molecular flexibility index (Phi) is 8.01. The summed E-state index contributed by atoms with van der Waals surface area (Å²) in [6.07, 6.45) is 2.34. The molecule has 272 valence electrons. The predicted octanol–water partition coefficient (Wildman–Crippen LogP) is 13.6. The first-order valence-electron chi connectivity index (χ1n) is 20.0. The van der Waals surface area contributed by atoms with Gasteiger partial charge >= 0.3 is 0 Å². The highest BCUT2D eigenvalue weighted by molar-refractivity contribution is 6.12. The van der Waals surface area contributed by atoms with Crippen molar-refractivity contribution in [2.45, 2.75) is 19.1 Å². The van der Waals surface area contributed by atoms with Gasteiger partial charge in [0.2, 0.25) is 0 Å². The second-order valence-corrected chi connectivity index (χ2v) is 15.3. The Labute approximate surface area is 333 Å². The first kappa shape index (κ1) is 33.4. The van der Waals surface area contributed by atoms with Gasteiger partial charge in [0.05, 0.1) is 22.6 Å². The molecule has 9 aromatic rings. The highest BCUT2D eigenvalue weighted by atomic mass is 15.3. The molecular weight excluding hydrogens is 691 g/mol. The smallest absolute Gasteiger partial charge is 0.105 e. The van der Waals surface area contributed by atoms with Crippen LogP contribution in [0.1, 0.15) is 24.1 Å². The lowest BCUT2D eigenvalue weighted by Gasteiger charge is -2.42. The van der Waals surface area contributed by atoms with Gasteiger partial charge in [0.15, 0.2) is 0 Å². The van der Waals surface area contributed by atoms with Crippen LogP contribution < -0.4 is 10.2 Å². The Morgan fingerprint density at radius 2 is 1.07 bits per heavy atom. The van der Waals surface area contributed by atoms with Crippen LogP contribution in [-0.2, 0) is 0 Å². The summed E-state index contributed by atoms with van der Waals surface area (Å²) < 4.78 is 2.52. The van der Waals surface area contributed by atoms with E-state index in [0.717, 1.165) is 5.69 Å². The molecule has 2 aliphatic rings. The summed E-state index contributed by atoms with van der Waals surface area (Å²) in [7, 11) is 0. The molecule has 8 aromatic carbocycles. The standard InChI is InChI=1S/C54H41N3/c1-36-46(37-19-5-2-6-20-37)35-51(55-53(36)39-23-9-4-10-24-39)57-49-31-17-14-28-44(49)52-43-27-13-16-30-48(43)56(54(52)45-29-15-18-32-50(45)57)41-33-40-25-11-12-26-42(40)47(34-41)38-21-7-3-8-22-38/h2-36,51,53,55H,1H3. The van der Waals surface area contributed by atoms with Crippen molar-refractivity contribution in [1.82, 2.24) is 9.88 Å². The number of benzene rings is 8. The normalized spacial score (nSPS) is 17.4. The van der Waals surface area contributed by atoms with Crippen molar-refractivity contribution in [3.05, 3.63) is 217 Å². The van der Waals surface area contributed by atoms with Gasteiger partial charge in [0.1, 0.15) is 6.17 Å². The van der Waals surface area contributed by atoms with E-state index in [1.807, 2.05) is 0 Å². The summed E-state index contributed by atoms with van der Waals surface area (Å²) in [5.41, 5.74) is 15.9. The maximum atomic E-state index is 4.19. The van der Waals surface area contributed by atoms with E-state index in [-0.39, 0.29) is 18.1 Å². The number of fused-ring (bicyclic) bond motifs is 8. The minimum absolute atomic E-state index is 0.102. The first-order chi connectivity index (χ1) is 28.2. The average Bonchev–Trinajstić information content (AvgIpc) is 3.56. The summed E-state index contributed by atoms with van der Waals surface area (Å²) >= 11 is 0. The minimum Gasteiger partial charge on any atom is -0.321 e. The Morgan fingerprint density at radius 3 is 1.82 bits per heavy atom. The van der Waals surface area contributed by atoms with Crippen molar-refractivity contribution >= 4 is 38.6 Å². The second-order valence-electron chi connectivity index (χ2n) is 15.3. The SMILES string of the molecule is CC1C(c2ccccc2)=CC(N2c3ccccc3-c3c(n(-c4cc(-c5ccccc5)c5ccccc5c4)c4ccccc34)-c3ccccc32)NC1c1ccccc1. The molecule has 0 fully saturated rings. The van der Waals surface area contributed by atoms with Crippen molar-refractivity contribution < 1.29 is 0 Å². The second kappa shape index (κ2) is 13.7. The van der Waals surface area contributed by atoms with E-state index in [0.29, 0.717) is 0 Å². The molecule has 1 aromatic heterocycles. The minimum atomic E-state index is -0.141. The molecule has 0 saturated heterocycles. The molecule has 0 radical (unpaired) electrons. The largest absolute Gasteiger partial charge is 0.321 e. The van der Waals surface area contributed by atoms with Crippen LogP contribution in [-0.4, -0.2) is 10.7 Å². The zero-order chi connectivity index (χ0) is 37.9. The van der Waals surface area contributed by atoms with E-state index in [1.54, 1.807) is 0 Å².